The van der Waals surface area contributed by atoms with E-state index in [2.05, 4.69) is 11.9 Å². The third-order valence-electron chi connectivity index (χ3n) is 2.03. The second kappa shape index (κ2) is 4.19. The van der Waals surface area contributed by atoms with Gasteiger partial charge in [-0.2, -0.15) is 0 Å². The van der Waals surface area contributed by atoms with Crippen molar-refractivity contribution in [2.45, 2.75) is 13.0 Å². The molecule has 0 aliphatic rings. The minimum atomic E-state index is -0.190. The Kier molecular flexibility index (Phi) is 3.20. The van der Waals surface area contributed by atoms with Gasteiger partial charge in [0.1, 0.15) is 5.82 Å². The van der Waals surface area contributed by atoms with E-state index in [0.29, 0.717) is 5.56 Å². The first-order valence-electron chi connectivity index (χ1n) is 4.25. The van der Waals surface area contributed by atoms with Crippen LogP contribution in [0.5, 0.6) is 0 Å². The van der Waals surface area contributed by atoms with Crippen molar-refractivity contribution in [2.24, 2.45) is 0 Å². The molecule has 1 aromatic carbocycles. The quantitative estimate of drug-likeness (QED) is 0.703. The Balaban J connectivity index is 3.10. The van der Waals surface area contributed by atoms with Crippen LogP contribution in [0.3, 0.4) is 0 Å². The van der Waals surface area contributed by atoms with Crippen molar-refractivity contribution in [1.82, 2.24) is 5.32 Å². The Morgan fingerprint density at radius 2 is 2.23 bits per heavy atom. The molecule has 1 aromatic rings. The molecule has 0 saturated carbocycles. The number of likely N-dealkylation sites (N-methyl/N-ethyl adjacent to an activating group) is 1. The summed E-state index contributed by atoms with van der Waals surface area (Å²) in [7, 11) is 1.79. The highest BCUT2D eigenvalue weighted by Crippen LogP contribution is 2.18. The lowest BCUT2D eigenvalue weighted by molar-refractivity contribution is 0.582. The summed E-state index contributed by atoms with van der Waals surface area (Å²) >= 11 is 0. The van der Waals surface area contributed by atoms with Crippen LogP contribution < -0.4 is 5.32 Å². The van der Waals surface area contributed by atoms with Gasteiger partial charge in [-0.05, 0) is 20.0 Å². The van der Waals surface area contributed by atoms with Gasteiger partial charge in [0, 0.05) is 5.56 Å². The van der Waals surface area contributed by atoms with E-state index in [4.69, 9.17) is 0 Å². The van der Waals surface area contributed by atoms with Crippen molar-refractivity contribution < 1.29 is 4.39 Å². The lowest BCUT2D eigenvalue weighted by Crippen LogP contribution is -2.15. The number of benzene rings is 1. The van der Waals surface area contributed by atoms with Gasteiger partial charge in [-0.25, -0.2) is 4.39 Å². The van der Waals surface area contributed by atoms with E-state index in [1.54, 1.807) is 19.2 Å². The van der Waals surface area contributed by atoms with Crippen LogP contribution in [-0.4, -0.2) is 7.05 Å². The molecule has 1 N–H and O–H groups in total. The van der Waals surface area contributed by atoms with Gasteiger partial charge in [-0.1, -0.05) is 23.8 Å². The summed E-state index contributed by atoms with van der Waals surface area (Å²) in [5.41, 5.74) is 1.70. The first-order chi connectivity index (χ1) is 6.19. The number of rotatable bonds is 3. The van der Waals surface area contributed by atoms with E-state index in [1.165, 1.54) is 6.07 Å². The zero-order valence-corrected chi connectivity index (χ0v) is 7.97. The van der Waals surface area contributed by atoms with Crippen LogP contribution >= 0.6 is 0 Å². The molecule has 2 heteroatoms. The monoisotopic (exact) mass is 179 g/mol. The van der Waals surface area contributed by atoms with Gasteiger partial charge in [-0.15, -0.1) is 6.58 Å². The van der Waals surface area contributed by atoms with Crippen molar-refractivity contribution in [1.29, 1.82) is 0 Å². The zero-order chi connectivity index (χ0) is 9.84. The molecule has 70 valence electrons. The van der Waals surface area contributed by atoms with Gasteiger partial charge in [-0.3, -0.25) is 0 Å². The summed E-state index contributed by atoms with van der Waals surface area (Å²) < 4.78 is 13.3. The molecular formula is C11H14FN. The second-order valence-electron chi connectivity index (χ2n) is 3.03. The van der Waals surface area contributed by atoms with Crippen molar-refractivity contribution in [3.05, 3.63) is 47.8 Å². The normalized spacial score (nSPS) is 12.5. The van der Waals surface area contributed by atoms with Gasteiger partial charge >= 0.3 is 0 Å². The second-order valence-corrected chi connectivity index (χ2v) is 3.03. The number of hydrogen-bond acceptors (Lipinski definition) is 1. The molecule has 0 aliphatic carbocycles. The average molecular weight is 179 g/mol. The third kappa shape index (κ3) is 2.16. The van der Waals surface area contributed by atoms with Crippen LogP contribution in [0.4, 0.5) is 4.39 Å². The summed E-state index contributed by atoms with van der Waals surface area (Å²) in [4.78, 5) is 0. The maximum absolute atomic E-state index is 13.3. The highest BCUT2D eigenvalue weighted by molar-refractivity contribution is 5.28. The topological polar surface area (TPSA) is 12.0 Å². The van der Waals surface area contributed by atoms with E-state index in [1.807, 2.05) is 13.0 Å². The van der Waals surface area contributed by atoms with E-state index in [0.717, 1.165) is 5.56 Å². The lowest BCUT2D eigenvalue weighted by atomic mass is 10.0. The molecule has 0 saturated heterocycles. The van der Waals surface area contributed by atoms with Crippen LogP contribution in [-0.2, 0) is 0 Å². The van der Waals surface area contributed by atoms with Crippen LogP contribution in [0, 0.1) is 12.7 Å². The predicted octanol–water partition coefficient (Wildman–Crippen LogP) is 2.58. The maximum Gasteiger partial charge on any atom is 0.128 e. The molecule has 13 heavy (non-hydrogen) atoms. The molecule has 0 radical (unpaired) electrons. The van der Waals surface area contributed by atoms with E-state index < -0.39 is 0 Å². The van der Waals surface area contributed by atoms with Gasteiger partial charge < -0.3 is 5.32 Å². The fourth-order valence-electron chi connectivity index (χ4n) is 1.30. The van der Waals surface area contributed by atoms with Crippen molar-refractivity contribution in [3.63, 3.8) is 0 Å². The number of halogens is 1. The SMILES string of the molecule is C=CC(NC)c1cc(C)ccc1F. The van der Waals surface area contributed by atoms with Crippen LogP contribution in [0.1, 0.15) is 17.2 Å². The molecule has 0 aliphatic heterocycles. The fraction of sp³-hybridized carbons (Fsp3) is 0.273. The van der Waals surface area contributed by atoms with Crippen LogP contribution in [0.2, 0.25) is 0 Å². The largest absolute Gasteiger partial charge is 0.310 e. The molecular weight excluding hydrogens is 165 g/mol. The number of nitrogens with one attached hydrogen (secondary N) is 1. The predicted molar refractivity (Wildman–Crippen MR) is 53.1 cm³/mol. The summed E-state index contributed by atoms with van der Waals surface area (Å²) in [6.07, 6.45) is 1.69. The summed E-state index contributed by atoms with van der Waals surface area (Å²) in [5, 5.41) is 2.98. The lowest BCUT2D eigenvalue weighted by Gasteiger charge is -2.13. The molecule has 0 aromatic heterocycles. The zero-order valence-electron chi connectivity index (χ0n) is 7.97. The molecule has 0 fully saturated rings. The summed E-state index contributed by atoms with van der Waals surface area (Å²) in [6.45, 7) is 5.59. The molecule has 1 atom stereocenters. The van der Waals surface area contributed by atoms with Gasteiger partial charge in [0.15, 0.2) is 0 Å². The minimum absolute atomic E-state index is 0.111. The highest BCUT2D eigenvalue weighted by Gasteiger charge is 2.09. The van der Waals surface area contributed by atoms with Crippen molar-refractivity contribution in [3.8, 4) is 0 Å². The van der Waals surface area contributed by atoms with Crippen LogP contribution in [0.15, 0.2) is 30.9 Å². The Morgan fingerprint density at radius 3 is 2.77 bits per heavy atom. The number of hydrogen-bond donors (Lipinski definition) is 1. The van der Waals surface area contributed by atoms with Gasteiger partial charge in [0.25, 0.3) is 0 Å². The van der Waals surface area contributed by atoms with Crippen molar-refractivity contribution >= 4 is 0 Å². The van der Waals surface area contributed by atoms with E-state index in [9.17, 15) is 4.39 Å². The standard InChI is InChI=1S/C11H14FN/c1-4-11(13-3)9-7-8(2)5-6-10(9)12/h4-7,11,13H,1H2,2-3H3. The Hall–Kier alpha value is -1.15. The Labute approximate surface area is 78.3 Å². The van der Waals surface area contributed by atoms with E-state index in [-0.39, 0.29) is 11.9 Å². The molecule has 0 spiro atoms. The molecule has 0 amide bonds. The molecule has 0 bridgehead atoms. The number of aryl methyl sites for hydroxylation is 1. The summed E-state index contributed by atoms with van der Waals surface area (Å²) in [6, 6.07) is 4.96. The first-order valence-corrected chi connectivity index (χ1v) is 4.25. The Bertz CT molecular complexity index is 307. The molecule has 1 nitrogen and oxygen atoms in total. The van der Waals surface area contributed by atoms with Crippen molar-refractivity contribution in [2.75, 3.05) is 7.05 Å². The minimum Gasteiger partial charge on any atom is -0.310 e. The molecule has 1 rings (SSSR count). The molecule has 1 unspecified atom stereocenters. The van der Waals surface area contributed by atoms with Gasteiger partial charge in [0.05, 0.1) is 6.04 Å². The summed E-state index contributed by atoms with van der Waals surface area (Å²) in [5.74, 6) is -0.190. The Morgan fingerprint density at radius 1 is 1.54 bits per heavy atom. The van der Waals surface area contributed by atoms with Gasteiger partial charge in [0.2, 0.25) is 0 Å². The first kappa shape index (κ1) is 9.93. The maximum atomic E-state index is 13.3. The average Bonchev–Trinajstić information content (AvgIpc) is 2.13. The highest BCUT2D eigenvalue weighted by atomic mass is 19.1. The smallest absolute Gasteiger partial charge is 0.128 e. The van der Waals surface area contributed by atoms with E-state index >= 15 is 0 Å². The fourth-order valence-corrected chi connectivity index (χ4v) is 1.30. The van der Waals surface area contributed by atoms with Crippen LogP contribution in [0.25, 0.3) is 0 Å². The third-order valence-corrected chi connectivity index (χ3v) is 2.03. The molecule has 0 heterocycles.